The highest BCUT2D eigenvalue weighted by Crippen LogP contribution is 2.18. The molecular weight excluding hydrogens is 306 g/mol. The Hall–Kier alpha value is -1.82. The third-order valence-corrected chi connectivity index (χ3v) is 3.94. The number of aryl methyl sites for hydroxylation is 1. The fraction of sp³-hybridized carbons (Fsp3) is 0.667. The van der Waals surface area contributed by atoms with Gasteiger partial charge in [0, 0.05) is 18.8 Å². The predicted molar refractivity (Wildman–Crippen MR) is 95.6 cm³/mol. The molecule has 0 radical (unpaired) electrons. The van der Waals surface area contributed by atoms with E-state index in [1.54, 1.807) is 20.8 Å². The molecule has 0 atom stereocenters. The molecule has 2 N–H and O–H groups in total. The molecule has 136 valence electrons. The summed E-state index contributed by atoms with van der Waals surface area (Å²) < 4.78 is 5.01. The second-order valence-corrected chi connectivity index (χ2v) is 5.94. The molecule has 0 unspecified atom stereocenters. The summed E-state index contributed by atoms with van der Waals surface area (Å²) in [5.74, 6) is -0.570. The second-order valence-electron chi connectivity index (χ2n) is 5.94. The molecule has 1 aromatic rings. The lowest BCUT2D eigenvalue weighted by Crippen LogP contribution is -2.36. The number of aromatic amines is 1. The normalized spacial score (nSPS) is 10.9. The molecule has 0 saturated heterocycles. The largest absolute Gasteiger partial charge is 0.461 e. The summed E-state index contributed by atoms with van der Waals surface area (Å²) in [4.78, 5) is 29.7. The number of hydrogen-bond acceptors (Lipinski definition) is 4. The van der Waals surface area contributed by atoms with Crippen molar-refractivity contribution in [2.24, 2.45) is 0 Å². The first kappa shape index (κ1) is 20.2. The van der Waals surface area contributed by atoms with E-state index < -0.39 is 5.97 Å². The number of aromatic nitrogens is 1. The molecule has 0 aromatic carbocycles. The van der Waals surface area contributed by atoms with Crippen LogP contribution in [0.25, 0.3) is 0 Å². The third-order valence-electron chi connectivity index (χ3n) is 3.94. The van der Waals surface area contributed by atoms with Crippen LogP contribution < -0.4 is 5.32 Å². The molecule has 0 saturated carbocycles. The lowest BCUT2D eigenvalue weighted by atomic mass is 10.1. The van der Waals surface area contributed by atoms with Crippen LogP contribution in [0, 0.1) is 13.8 Å². The minimum atomic E-state index is -0.422. The zero-order chi connectivity index (χ0) is 18.1. The van der Waals surface area contributed by atoms with Crippen molar-refractivity contribution >= 4 is 11.9 Å². The fourth-order valence-corrected chi connectivity index (χ4v) is 2.88. The van der Waals surface area contributed by atoms with Crippen LogP contribution in [-0.4, -0.2) is 54.5 Å². The molecule has 6 nitrogen and oxygen atoms in total. The maximum absolute atomic E-state index is 12.5. The van der Waals surface area contributed by atoms with Crippen LogP contribution in [-0.2, 0) is 4.74 Å². The molecule has 1 aromatic heterocycles. The van der Waals surface area contributed by atoms with Crippen LogP contribution >= 0.6 is 0 Å². The molecule has 0 aliphatic heterocycles. The Kier molecular flexibility index (Phi) is 8.54. The van der Waals surface area contributed by atoms with Gasteiger partial charge in [-0.25, -0.2) is 4.79 Å². The zero-order valence-electron chi connectivity index (χ0n) is 15.6. The minimum absolute atomic E-state index is 0.148. The standard InChI is InChI=1S/C18H31N3O3/c1-6-10-21(11-7-2)12-9-19-17(22)15-13(4)16(20-14(15)5)18(23)24-8-3/h20H,6-12H2,1-5H3,(H,19,22). The number of ether oxygens (including phenoxy) is 1. The summed E-state index contributed by atoms with van der Waals surface area (Å²) in [5, 5.41) is 2.96. The van der Waals surface area contributed by atoms with E-state index in [-0.39, 0.29) is 5.91 Å². The molecule has 1 heterocycles. The number of carbonyl (C=O) groups is 2. The Balaban J connectivity index is 2.69. The van der Waals surface area contributed by atoms with Gasteiger partial charge >= 0.3 is 5.97 Å². The quantitative estimate of drug-likeness (QED) is 0.644. The third kappa shape index (κ3) is 5.37. The minimum Gasteiger partial charge on any atom is -0.461 e. The summed E-state index contributed by atoms with van der Waals surface area (Å²) in [6.45, 7) is 13.5. The van der Waals surface area contributed by atoms with E-state index in [9.17, 15) is 9.59 Å². The van der Waals surface area contributed by atoms with Gasteiger partial charge in [0.15, 0.2) is 0 Å². The van der Waals surface area contributed by atoms with Gasteiger partial charge in [0.05, 0.1) is 12.2 Å². The Morgan fingerprint density at radius 3 is 2.25 bits per heavy atom. The number of amides is 1. The molecule has 24 heavy (non-hydrogen) atoms. The highest BCUT2D eigenvalue weighted by Gasteiger charge is 2.22. The number of esters is 1. The summed E-state index contributed by atoms with van der Waals surface area (Å²) in [6.07, 6.45) is 2.21. The van der Waals surface area contributed by atoms with Gasteiger partial charge in [-0.1, -0.05) is 13.8 Å². The first-order valence-electron chi connectivity index (χ1n) is 8.82. The number of rotatable bonds is 10. The van der Waals surface area contributed by atoms with Gasteiger partial charge in [0.2, 0.25) is 0 Å². The average molecular weight is 337 g/mol. The van der Waals surface area contributed by atoms with E-state index in [0.717, 1.165) is 32.5 Å². The maximum atomic E-state index is 12.5. The molecule has 1 amide bonds. The van der Waals surface area contributed by atoms with Gasteiger partial charge in [0.25, 0.3) is 5.91 Å². The predicted octanol–water partition coefficient (Wildman–Crippen LogP) is 2.66. The Morgan fingerprint density at radius 1 is 1.08 bits per heavy atom. The van der Waals surface area contributed by atoms with E-state index >= 15 is 0 Å². The van der Waals surface area contributed by atoms with Gasteiger partial charge in [0.1, 0.15) is 5.69 Å². The van der Waals surface area contributed by atoms with E-state index in [2.05, 4.69) is 29.0 Å². The number of carbonyl (C=O) groups excluding carboxylic acids is 2. The first-order chi connectivity index (χ1) is 11.5. The smallest absolute Gasteiger partial charge is 0.355 e. The van der Waals surface area contributed by atoms with E-state index in [0.29, 0.717) is 35.7 Å². The molecule has 0 spiro atoms. The molecule has 0 bridgehead atoms. The van der Waals surface area contributed by atoms with Crippen molar-refractivity contribution in [3.05, 3.63) is 22.5 Å². The van der Waals surface area contributed by atoms with Crippen molar-refractivity contribution < 1.29 is 14.3 Å². The van der Waals surface area contributed by atoms with Crippen LogP contribution in [0.2, 0.25) is 0 Å². The lowest BCUT2D eigenvalue weighted by Gasteiger charge is -2.21. The van der Waals surface area contributed by atoms with Crippen molar-refractivity contribution in [1.82, 2.24) is 15.2 Å². The lowest BCUT2D eigenvalue weighted by molar-refractivity contribution is 0.0519. The van der Waals surface area contributed by atoms with Crippen LogP contribution in [0.4, 0.5) is 0 Å². The Labute approximate surface area is 144 Å². The molecule has 0 fully saturated rings. The van der Waals surface area contributed by atoms with Crippen molar-refractivity contribution in [3.8, 4) is 0 Å². The van der Waals surface area contributed by atoms with E-state index in [1.807, 2.05) is 0 Å². The first-order valence-corrected chi connectivity index (χ1v) is 8.82. The monoisotopic (exact) mass is 337 g/mol. The zero-order valence-corrected chi connectivity index (χ0v) is 15.6. The van der Waals surface area contributed by atoms with Gasteiger partial charge in [-0.15, -0.1) is 0 Å². The van der Waals surface area contributed by atoms with Crippen molar-refractivity contribution in [3.63, 3.8) is 0 Å². The molecule has 6 heteroatoms. The van der Waals surface area contributed by atoms with Gasteiger partial charge in [-0.05, 0) is 52.3 Å². The number of nitrogens with zero attached hydrogens (tertiary/aromatic N) is 1. The van der Waals surface area contributed by atoms with Crippen molar-refractivity contribution in [1.29, 1.82) is 0 Å². The average Bonchev–Trinajstić information content (AvgIpc) is 2.83. The van der Waals surface area contributed by atoms with Crippen molar-refractivity contribution in [2.75, 3.05) is 32.8 Å². The van der Waals surface area contributed by atoms with Crippen LogP contribution in [0.3, 0.4) is 0 Å². The Bertz CT molecular complexity index is 546. The summed E-state index contributed by atoms with van der Waals surface area (Å²) in [5.41, 5.74) is 2.23. The highest BCUT2D eigenvalue weighted by molar-refractivity contribution is 6.01. The summed E-state index contributed by atoms with van der Waals surface area (Å²) in [6, 6.07) is 0. The van der Waals surface area contributed by atoms with E-state index in [4.69, 9.17) is 4.74 Å². The SMILES string of the molecule is CCCN(CCC)CCNC(=O)c1c(C)[nH]c(C(=O)OCC)c1C. The van der Waals surface area contributed by atoms with Crippen LogP contribution in [0.1, 0.15) is 65.7 Å². The number of H-pyrrole nitrogens is 1. The van der Waals surface area contributed by atoms with Gasteiger partial charge < -0.3 is 19.9 Å². The number of hydrogen-bond donors (Lipinski definition) is 2. The van der Waals surface area contributed by atoms with E-state index in [1.165, 1.54) is 0 Å². The molecular formula is C18H31N3O3. The summed E-state index contributed by atoms with van der Waals surface area (Å²) in [7, 11) is 0. The van der Waals surface area contributed by atoms with Gasteiger partial charge in [-0.2, -0.15) is 0 Å². The van der Waals surface area contributed by atoms with Crippen LogP contribution in [0.15, 0.2) is 0 Å². The Morgan fingerprint density at radius 2 is 1.71 bits per heavy atom. The van der Waals surface area contributed by atoms with Crippen LogP contribution in [0.5, 0.6) is 0 Å². The number of nitrogens with one attached hydrogen (secondary N) is 2. The molecule has 1 rings (SSSR count). The molecule has 0 aliphatic rings. The second kappa shape index (κ2) is 10.1. The van der Waals surface area contributed by atoms with Crippen molar-refractivity contribution in [2.45, 2.75) is 47.5 Å². The maximum Gasteiger partial charge on any atom is 0.355 e. The fourth-order valence-electron chi connectivity index (χ4n) is 2.88. The molecule has 0 aliphatic carbocycles. The van der Waals surface area contributed by atoms with Gasteiger partial charge in [-0.3, -0.25) is 4.79 Å². The summed E-state index contributed by atoms with van der Waals surface area (Å²) >= 11 is 0. The highest BCUT2D eigenvalue weighted by atomic mass is 16.5. The topological polar surface area (TPSA) is 74.4 Å².